The van der Waals surface area contributed by atoms with Gasteiger partial charge in [0.2, 0.25) is 5.88 Å². The average molecular weight is 251 g/mol. The van der Waals surface area contributed by atoms with Gasteiger partial charge in [-0.25, -0.2) is 13.8 Å². The summed E-state index contributed by atoms with van der Waals surface area (Å²) >= 11 is 0. The van der Waals surface area contributed by atoms with Crippen LogP contribution in [0.1, 0.15) is 18.6 Å². The van der Waals surface area contributed by atoms with Gasteiger partial charge in [-0.2, -0.15) is 0 Å². The molecule has 0 aliphatic carbocycles. The third-order valence-electron chi connectivity index (χ3n) is 2.30. The predicted molar refractivity (Wildman–Crippen MR) is 61.3 cm³/mol. The van der Waals surface area contributed by atoms with Crippen LogP contribution >= 0.6 is 0 Å². The second kappa shape index (κ2) is 5.10. The molecule has 0 fully saturated rings. The fraction of sp³-hybridized carbons (Fsp3) is 0.154. The Balaban J connectivity index is 2.18. The highest BCUT2D eigenvalue weighted by atomic mass is 19.1. The molecule has 0 bridgehead atoms. The highest BCUT2D eigenvalue weighted by Crippen LogP contribution is 2.22. The van der Waals surface area contributed by atoms with Gasteiger partial charge in [0.15, 0.2) is 0 Å². The molecule has 0 saturated heterocycles. The van der Waals surface area contributed by atoms with Crippen molar-refractivity contribution in [1.82, 2.24) is 4.98 Å². The first kappa shape index (κ1) is 12.4. The number of hydrogen-bond donors (Lipinski definition) is 1. The molecule has 1 N–H and O–H groups in total. The Bertz CT molecular complexity index is 521. The van der Waals surface area contributed by atoms with Crippen molar-refractivity contribution < 1.29 is 18.6 Å². The maximum Gasteiger partial charge on any atom is 0.219 e. The van der Waals surface area contributed by atoms with Gasteiger partial charge in [0.1, 0.15) is 17.4 Å². The van der Waals surface area contributed by atoms with Crippen molar-refractivity contribution in [2.24, 2.45) is 0 Å². The molecule has 0 amide bonds. The Hall–Kier alpha value is -2.01. The van der Waals surface area contributed by atoms with E-state index in [1.54, 1.807) is 13.0 Å². The molecular formula is C13H11F2NO2. The fourth-order valence-electron chi connectivity index (χ4n) is 1.41. The smallest absolute Gasteiger partial charge is 0.219 e. The Morgan fingerprint density at radius 2 is 1.83 bits per heavy atom. The largest absolute Gasteiger partial charge is 0.439 e. The molecule has 0 aliphatic heterocycles. The van der Waals surface area contributed by atoms with Crippen LogP contribution in [0.15, 0.2) is 36.5 Å². The van der Waals surface area contributed by atoms with E-state index >= 15 is 0 Å². The number of hydrogen-bond acceptors (Lipinski definition) is 3. The van der Waals surface area contributed by atoms with Gasteiger partial charge in [0.05, 0.1) is 6.10 Å². The zero-order valence-corrected chi connectivity index (χ0v) is 9.60. The van der Waals surface area contributed by atoms with Crippen molar-refractivity contribution in [2.45, 2.75) is 13.0 Å². The van der Waals surface area contributed by atoms with Gasteiger partial charge in [0.25, 0.3) is 0 Å². The van der Waals surface area contributed by atoms with E-state index in [0.29, 0.717) is 5.56 Å². The number of pyridine rings is 1. The minimum atomic E-state index is -0.717. The monoisotopic (exact) mass is 251 g/mol. The first-order valence-electron chi connectivity index (χ1n) is 5.32. The third kappa shape index (κ3) is 3.01. The standard InChI is InChI=1S/C13H11F2NO2/c1-8(17)9-2-3-13(16-7-9)18-12-5-10(14)4-11(15)6-12/h2-8,17H,1H3/t8-/m1/s1. The molecular weight excluding hydrogens is 240 g/mol. The Morgan fingerprint density at radius 1 is 1.17 bits per heavy atom. The molecule has 1 aromatic carbocycles. The Kier molecular flexibility index (Phi) is 3.53. The van der Waals surface area contributed by atoms with Gasteiger partial charge < -0.3 is 9.84 Å². The summed E-state index contributed by atoms with van der Waals surface area (Å²) < 4.78 is 31.1. The van der Waals surface area contributed by atoms with Crippen molar-refractivity contribution in [1.29, 1.82) is 0 Å². The van der Waals surface area contributed by atoms with Crippen LogP contribution in [0.5, 0.6) is 11.6 Å². The van der Waals surface area contributed by atoms with E-state index in [-0.39, 0.29) is 11.6 Å². The SMILES string of the molecule is C[C@@H](O)c1ccc(Oc2cc(F)cc(F)c2)nc1. The number of ether oxygens (including phenoxy) is 1. The van der Waals surface area contributed by atoms with Crippen molar-refractivity contribution in [2.75, 3.05) is 0 Å². The molecule has 5 heteroatoms. The Morgan fingerprint density at radius 3 is 2.33 bits per heavy atom. The molecule has 18 heavy (non-hydrogen) atoms. The number of benzene rings is 1. The minimum absolute atomic E-state index is 0.0322. The molecule has 94 valence electrons. The molecule has 0 aliphatic rings. The van der Waals surface area contributed by atoms with Gasteiger partial charge in [-0.1, -0.05) is 0 Å². The van der Waals surface area contributed by atoms with Gasteiger partial charge in [-0.3, -0.25) is 0 Å². The van der Waals surface area contributed by atoms with Gasteiger partial charge >= 0.3 is 0 Å². The molecule has 0 saturated carbocycles. The molecule has 1 aromatic heterocycles. The van der Waals surface area contributed by atoms with Gasteiger partial charge in [-0.05, 0) is 18.6 Å². The lowest BCUT2D eigenvalue weighted by Gasteiger charge is -2.07. The van der Waals surface area contributed by atoms with Crippen LogP contribution in [0.25, 0.3) is 0 Å². The molecule has 0 spiro atoms. The summed E-state index contributed by atoms with van der Waals surface area (Å²) in [5.74, 6) is -1.20. The first-order valence-corrected chi connectivity index (χ1v) is 5.32. The lowest BCUT2D eigenvalue weighted by molar-refractivity contribution is 0.198. The highest BCUT2D eigenvalue weighted by Gasteiger charge is 2.05. The summed E-state index contributed by atoms with van der Waals surface area (Å²) in [6.45, 7) is 1.61. The topological polar surface area (TPSA) is 42.4 Å². The number of halogens is 2. The zero-order chi connectivity index (χ0) is 13.1. The zero-order valence-electron chi connectivity index (χ0n) is 9.60. The quantitative estimate of drug-likeness (QED) is 0.910. The maximum atomic E-state index is 12.9. The molecule has 3 nitrogen and oxygen atoms in total. The van der Waals surface area contributed by atoms with E-state index in [1.807, 2.05) is 0 Å². The molecule has 2 rings (SSSR count). The maximum absolute atomic E-state index is 12.9. The summed E-state index contributed by atoms with van der Waals surface area (Å²) in [4.78, 5) is 3.93. The summed E-state index contributed by atoms with van der Waals surface area (Å²) in [5.41, 5.74) is 0.632. The number of aliphatic hydroxyl groups is 1. The summed E-state index contributed by atoms with van der Waals surface area (Å²) in [5, 5.41) is 9.30. The van der Waals surface area contributed by atoms with Crippen LogP contribution in [0, 0.1) is 11.6 Å². The van der Waals surface area contributed by atoms with E-state index in [9.17, 15) is 13.9 Å². The van der Waals surface area contributed by atoms with Crippen LogP contribution in [0.3, 0.4) is 0 Å². The van der Waals surface area contributed by atoms with Crippen LogP contribution in [0.2, 0.25) is 0 Å². The van der Waals surface area contributed by atoms with Crippen molar-refractivity contribution in [3.63, 3.8) is 0 Å². The van der Waals surface area contributed by atoms with Crippen LogP contribution < -0.4 is 4.74 Å². The van der Waals surface area contributed by atoms with Crippen LogP contribution in [0.4, 0.5) is 8.78 Å². The second-order valence-corrected chi connectivity index (χ2v) is 3.81. The average Bonchev–Trinajstić information content (AvgIpc) is 2.28. The molecule has 2 aromatic rings. The van der Waals surface area contributed by atoms with Gasteiger partial charge in [-0.15, -0.1) is 0 Å². The fourth-order valence-corrected chi connectivity index (χ4v) is 1.41. The summed E-state index contributed by atoms with van der Waals surface area (Å²) in [6.07, 6.45) is 0.813. The number of nitrogens with zero attached hydrogens (tertiary/aromatic N) is 1. The summed E-state index contributed by atoms with van der Waals surface area (Å²) in [6, 6.07) is 6.03. The van der Waals surface area contributed by atoms with E-state index in [0.717, 1.165) is 18.2 Å². The summed E-state index contributed by atoms with van der Waals surface area (Å²) in [7, 11) is 0. The first-order chi connectivity index (χ1) is 8.54. The number of aliphatic hydroxyl groups excluding tert-OH is 1. The van der Waals surface area contributed by atoms with E-state index in [1.165, 1.54) is 12.3 Å². The molecule has 0 unspecified atom stereocenters. The van der Waals surface area contributed by atoms with Crippen molar-refractivity contribution in [3.8, 4) is 11.6 Å². The normalized spacial score (nSPS) is 12.2. The number of aromatic nitrogens is 1. The van der Waals surface area contributed by atoms with Crippen LogP contribution in [-0.4, -0.2) is 10.1 Å². The molecule has 1 atom stereocenters. The van der Waals surface area contributed by atoms with Gasteiger partial charge in [0, 0.05) is 30.5 Å². The second-order valence-electron chi connectivity index (χ2n) is 3.81. The van der Waals surface area contributed by atoms with Crippen molar-refractivity contribution >= 4 is 0 Å². The van der Waals surface area contributed by atoms with E-state index < -0.39 is 17.7 Å². The molecule has 1 heterocycles. The van der Waals surface area contributed by atoms with Crippen LogP contribution in [-0.2, 0) is 0 Å². The lowest BCUT2D eigenvalue weighted by atomic mass is 10.2. The number of rotatable bonds is 3. The minimum Gasteiger partial charge on any atom is -0.439 e. The lowest BCUT2D eigenvalue weighted by Crippen LogP contribution is -1.94. The molecule has 0 radical (unpaired) electrons. The van der Waals surface area contributed by atoms with E-state index in [4.69, 9.17) is 4.74 Å². The predicted octanol–water partition coefficient (Wildman–Crippen LogP) is 3.21. The van der Waals surface area contributed by atoms with E-state index in [2.05, 4.69) is 4.98 Å². The Labute approximate surface area is 103 Å². The highest BCUT2D eigenvalue weighted by molar-refractivity contribution is 5.29. The van der Waals surface area contributed by atoms with Crippen molar-refractivity contribution in [3.05, 3.63) is 53.7 Å². The third-order valence-corrected chi connectivity index (χ3v) is 2.30.